The SMILES string of the molecule is CC=C(OC1CC(C)(C)N(C(C)=O)C(C)(C)C1)C(=O)OC. The molecule has 21 heavy (non-hydrogen) atoms. The third kappa shape index (κ3) is 3.77. The average Bonchev–Trinajstić information content (AvgIpc) is 2.31. The van der Waals surface area contributed by atoms with Crippen molar-refractivity contribution in [2.75, 3.05) is 7.11 Å². The number of carbonyl (C=O) groups excluding carboxylic acids is 2. The number of hydrogen-bond donors (Lipinski definition) is 0. The van der Waals surface area contributed by atoms with Crippen LogP contribution in [0, 0.1) is 0 Å². The van der Waals surface area contributed by atoms with Crippen molar-refractivity contribution >= 4 is 11.9 Å². The first-order valence-corrected chi connectivity index (χ1v) is 7.27. The van der Waals surface area contributed by atoms with E-state index in [0.717, 1.165) is 0 Å². The van der Waals surface area contributed by atoms with E-state index in [1.54, 1.807) is 19.9 Å². The van der Waals surface area contributed by atoms with Crippen molar-refractivity contribution in [2.24, 2.45) is 0 Å². The van der Waals surface area contributed by atoms with Gasteiger partial charge in [0.25, 0.3) is 0 Å². The summed E-state index contributed by atoms with van der Waals surface area (Å²) in [5, 5.41) is 0. The summed E-state index contributed by atoms with van der Waals surface area (Å²) >= 11 is 0. The van der Waals surface area contributed by atoms with Crippen molar-refractivity contribution in [3.8, 4) is 0 Å². The molecule has 0 atom stereocenters. The van der Waals surface area contributed by atoms with Crippen molar-refractivity contribution < 1.29 is 19.1 Å². The largest absolute Gasteiger partial charge is 0.483 e. The second-order valence-electron chi connectivity index (χ2n) is 6.77. The number of rotatable bonds is 3. The van der Waals surface area contributed by atoms with Crippen LogP contribution >= 0.6 is 0 Å². The summed E-state index contributed by atoms with van der Waals surface area (Å²) in [4.78, 5) is 25.5. The van der Waals surface area contributed by atoms with Gasteiger partial charge >= 0.3 is 5.97 Å². The molecule has 1 aliphatic rings. The van der Waals surface area contributed by atoms with Crippen LogP contribution < -0.4 is 0 Å². The minimum atomic E-state index is -0.470. The molecule has 0 aliphatic carbocycles. The molecule has 5 heteroatoms. The molecule has 1 saturated heterocycles. The Morgan fingerprint density at radius 2 is 1.62 bits per heavy atom. The lowest BCUT2D eigenvalue weighted by Crippen LogP contribution is -2.63. The predicted molar refractivity (Wildman–Crippen MR) is 80.6 cm³/mol. The Kier molecular flexibility index (Phi) is 5.07. The molecule has 1 fully saturated rings. The highest BCUT2D eigenvalue weighted by atomic mass is 16.6. The minimum absolute atomic E-state index is 0.0580. The van der Waals surface area contributed by atoms with E-state index < -0.39 is 5.97 Å². The third-order valence-electron chi connectivity index (χ3n) is 3.92. The number of likely N-dealkylation sites (tertiary alicyclic amines) is 1. The Morgan fingerprint density at radius 1 is 1.14 bits per heavy atom. The van der Waals surface area contributed by atoms with Crippen molar-refractivity contribution in [2.45, 2.75) is 71.6 Å². The van der Waals surface area contributed by atoms with Crippen LogP contribution in [0.3, 0.4) is 0 Å². The van der Waals surface area contributed by atoms with E-state index in [-0.39, 0.29) is 28.8 Å². The molecule has 5 nitrogen and oxygen atoms in total. The average molecular weight is 297 g/mol. The Bertz CT molecular complexity index is 433. The van der Waals surface area contributed by atoms with E-state index in [1.807, 2.05) is 32.6 Å². The van der Waals surface area contributed by atoms with E-state index in [1.165, 1.54) is 7.11 Å². The molecule has 0 spiro atoms. The molecule has 0 aromatic heterocycles. The van der Waals surface area contributed by atoms with Gasteiger partial charge in [-0.3, -0.25) is 4.79 Å². The number of hydrogen-bond acceptors (Lipinski definition) is 4. The summed E-state index contributed by atoms with van der Waals surface area (Å²) < 4.78 is 10.6. The summed E-state index contributed by atoms with van der Waals surface area (Å²) in [5.74, 6) is -0.185. The fourth-order valence-corrected chi connectivity index (χ4v) is 3.64. The fourth-order valence-electron chi connectivity index (χ4n) is 3.64. The summed E-state index contributed by atoms with van der Waals surface area (Å²) in [5.41, 5.74) is -0.652. The lowest BCUT2D eigenvalue weighted by atomic mass is 9.78. The number of ether oxygens (including phenoxy) is 2. The van der Waals surface area contributed by atoms with Gasteiger partial charge in [0.1, 0.15) is 6.10 Å². The van der Waals surface area contributed by atoms with Crippen LogP contribution in [0.15, 0.2) is 11.8 Å². The molecule has 0 unspecified atom stereocenters. The van der Waals surface area contributed by atoms with Crippen molar-refractivity contribution in [1.29, 1.82) is 0 Å². The molecule has 1 rings (SSSR count). The summed E-state index contributed by atoms with van der Waals surface area (Å²) in [6.07, 6.45) is 2.83. The van der Waals surface area contributed by atoms with Crippen molar-refractivity contribution in [3.05, 3.63) is 11.8 Å². The fraction of sp³-hybridized carbons (Fsp3) is 0.750. The van der Waals surface area contributed by atoms with Crippen LogP contribution in [0.2, 0.25) is 0 Å². The van der Waals surface area contributed by atoms with Gasteiger partial charge in [-0.25, -0.2) is 4.79 Å². The van der Waals surface area contributed by atoms with Gasteiger partial charge < -0.3 is 14.4 Å². The zero-order valence-corrected chi connectivity index (χ0v) is 14.1. The van der Waals surface area contributed by atoms with Crippen LogP contribution in [-0.2, 0) is 19.1 Å². The van der Waals surface area contributed by atoms with E-state index in [2.05, 4.69) is 0 Å². The second kappa shape index (κ2) is 6.08. The Hall–Kier alpha value is -1.52. The van der Waals surface area contributed by atoms with Crippen LogP contribution in [0.5, 0.6) is 0 Å². The number of amides is 1. The maximum absolute atomic E-state index is 12.0. The van der Waals surface area contributed by atoms with Gasteiger partial charge in [-0.15, -0.1) is 0 Å². The molecule has 1 aliphatic heterocycles. The van der Waals surface area contributed by atoms with Crippen LogP contribution in [0.25, 0.3) is 0 Å². The first-order valence-electron chi connectivity index (χ1n) is 7.27. The Labute approximate surface area is 127 Å². The molecule has 0 aromatic rings. The molecule has 0 bridgehead atoms. The summed E-state index contributed by atoms with van der Waals surface area (Å²) in [6.45, 7) is 11.4. The van der Waals surface area contributed by atoms with E-state index >= 15 is 0 Å². The summed E-state index contributed by atoms with van der Waals surface area (Å²) in [6, 6.07) is 0. The molecule has 0 radical (unpaired) electrons. The zero-order chi connectivity index (χ0) is 16.4. The molecule has 0 aromatic carbocycles. The summed E-state index contributed by atoms with van der Waals surface area (Å²) in [7, 11) is 1.33. The van der Waals surface area contributed by atoms with Crippen molar-refractivity contribution in [1.82, 2.24) is 4.90 Å². The number of nitrogens with zero attached hydrogens (tertiary/aromatic N) is 1. The molecule has 0 saturated carbocycles. The second-order valence-corrected chi connectivity index (χ2v) is 6.77. The highest BCUT2D eigenvalue weighted by Crippen LogP contribution is 2.40. The number of esters is 1. The van der Waals surface area contributed by atoms with Crippen molar-refractivity contribution in [3.63, 3.8) is 0 Å². The molecule has 0 N–H and O–H groups in total. The topological polar surface area (TPSA) is 55.8 Å². The maximum atomic E-state index is 12.0. The predicted octanol–water partition coefficient (Wildman–Crippen LogP) is 2.65. The van der Waals surface area contributed by atoms with E-state index in [4.69, 9.17) is 9.47 Å². The van der Waals surface area contributed by atoms with Gasteiger partial charge in [-0.1, -0.05) is 0 Å². The number of piperidine rings is 1. The van der Waals surface area contributed by atoms with Gasteiger partial charge in [-0.2, -0.15) is 0 Å². The molecular weight excluding hydrogens is 270 g/mol. The lowest BCUT2D eigenvalue weighted by Gasteiger charge is -2.54. The van der Waals surface area contributed by atoms with Gasteiger partial charge in [0.05, 0.1) is 7.11 Å². The lowest BCUT2D eigenvalue weighted by molar-refractivity contribution is -0.157. The maximum Gasteiger partial charge on any atom is 0.372 e. The smallest absolute Gasteiger partial charge is 0.372 e. The molecule has 1 heterocycles. The number of allylic oxidation sites excluding steroid dienone is 1. The van der Waals surface area contributed by atoms with Crippen LogP contribution in [0.4, 0.5) is 0 Å². The Balaban J connectivity index is 2.96. The number of carbonyl (C=O) groups is 2. The first-order chi connectivity index (χ1) is 9.55. The van der Waals surface area contributed by atoms with E-state index in [9.17, 15) is 9.59 Å². The van der Waals surface area contributed by atoms with Gasteiger partial charge in [-0.05, 0) is 40.7 Å². The van der Waals surface area contributed by atoms with Crippen LogP contribution in [-0.4, -0.2) is 41.1 Å². The highest BCUT2D eigenvalue weighted by molar-refractivity contribution is 5.86. The first kappa shape index (κ1) is 17.5. The third-order valence-corrected chi connectivity index (χ3v) is 3.92. The van der Waals surface area contributed by atoms with Gasteiger partial charge in [0.2, 0.25) is 11.7 Å². The zero-order valence-electron chi connectivity index (χ0n) is 14.1. The Morgan fingerprint density at radius 3 is 1.95 bits per heavy atom. The van der Waals surface area contributed by atoms with E-state index in [0.29, 0.717) is 12.8 Å². The van der Waals surface area contributed by atoms with Crippen LogP contribution in [0.1, 0.15) is 54.4 Å². The molecular formula is C16H27NO4. The monoisotopic (exact) mass is 297 g/mol. The van der Waals surface area contributed by atoms with Gasteiger partial charge in [0, 0.05) is 30.8 Å². The minimum Gasteiger partial charge on any atom is -0.483 e. The standard InChI is InChI=1S/C16H27NO4/c1-8-13(14(19)20-7)21-12-9-15(3,4)17(11(2)18)16(5,6)10-12/h8,12H,9-10H2,1-7H3. The van der Waals surface area contributed by atoms with Gasteiger partial charge in [0.15, 0.2) is 0 Å². The molecule has 1 amide bonds. The number of methoxy groups -OCH3 is 1. The molecule has 120 valence electrons. The highest BCUT2D eigenvalue weighted by Gasteiger charge is 2.47. The quantitative estimate of drug-likeness (QED) is 0.456. The normalized spacial score (nSPS) is 21.9.